The quantitative estimate of drug-likeness (QED) is 0.671. The molecular weight excluding hydrogens is 439 g/mol. The highest BCUT2D eigenvalue weighted by atomic mass is 19.4. The molecule has 1 saturated carbocycles. The Kier molecular flexibility index (Phi) is 5.76. The maximum Gasteiger partial charge on any atom is 0.434 e. The minimum atomic E-state index is -4.82. The van der Waals surface area contributed by atoms with Gasteiger partial charge < -0.3 is 16.2 Å². The fourth-order valence-electron chi connectivity index (χ4n) is 4.41. The Morgan fingerprint density at radius 3 is 2.36 bits per heavy atom. The molecule has 2 heterocycles. The smallest absolute Gasteiger partial charge is 0.434 e. The Morgan fingerprint density at radius 2 is 1.76 bits per heavy atom. The van der Waals surface area contributed by atoms with Crippen LogP contribution < -0.4 is 16.4 Å². The molecule has 0 amide bonds. The first kappa shape index (κ1) is 22.6. The summed E-state index contributed by atoms with van der Waals surface area (Å²) < 4.78 is 46.8. The van der Waals surface area contributed by atoms with E-state index in [0.29, 0.717) is 10.4 Å². The number of benzene rings is 1. The van der Waals surface area contributed by atoms with Gasteiger partial charge in [-0.15, -0.1) is 0 Å². The van der Waals surface area contributed by atoms with Gasteiger partial charge in [0.15, 0.2) is 5.69 Å². The van der Waals surface area contributed by atoms with E-state index in [1.165, 1.54) is 19.1 Å². The third-order valence-electron chi connectivity index (χ3n) is 5.74. The van der Waals surface area contributed by atoms with Crippen molar-refractivity contribution in [2.24, 2.45) is 21.5 Å². The molecule has 1 aliphatic carbocycles. The van der Waals surface area contributed by atoms with E-state index in [1.54, 1.807) is 17.0 Å². The fourth-order valence-corrected chi connectivity index (χ4v) is 4.41. The van der Waals surface area contributed by atoms with Gasteiger partial charge in [-0.3, -0.25) is 4.90 Å². The molecule has 33 heavy (non-hydrogen) atoms. The zero-order valence-corrected chi connectivity index (χ0v) is 18.0. The Bertz CT molecular complexity index is 1100. The maximum absolute atomic E-state index is 13.8. The lowest BCUT2D eigenvalue weighted by atomic mass is 9.87. The number of hydrogen-bond acceptors (Lipinski definition) is 8. The van der Waals surface area contributed by atoms with Crippen LogP contribution in [0.1, 0.15) is 55.1 Å². The van der Waals surface area contributed by atoms with E-state index in [-0.39, 0.29) is 24.2 Å². The standard InChI is InChI=1S/C21H24F3N7O2/c1-2-33-17(32)15-12-27-31(16(15)21(22,23)24)14-8-6-13(7-9-14)30-19(26)28-18(25)29-20(30)10-4-3-5-11-20/h6-9,12H,2-5,10-11H2,1H3,(H4,25,26,28,29). The second-order valence-corrected chi connectivity index (χ2v) is 7.87. The average molecular weight is 463 g/mol. The molecule has 176 valence electrons. The van der Waals surface area contributed by atoms with Gasteiger partial charge in [-0.1, -0.05) is 6.42 Å². The summed E-state index contributed by atoms with van der Waals surface area (Å²) >= 11 is 0. The Balaban J connectivity index is 1.72. The van der Waals surface area contributed by atoms with Crippen LogP contribution in [0.25, 0.3) is 5.69 Å². The number of esters is 1. The van der Waals surface area contributed by atoms with Gasteiger partial charge >= 0.3 is 12.1 Å². The number of aromatic nitrogens is 2. The highest BCUT2D eigenvalue weighted by molar-refractivity contribution is 6.05. The first-order valence-electron chi connectivity index (χ1n) is 10.6. The Labute approximate surface area is 187 Å². The van der Waals surface area contributed by atoms with Crippen LogP contribution in [0.5, 0.6) is 0 Å². The van der Waals surface area contributed by atoms with E-state index in [9.17, 15) is 18.0 Å². The summed E-state index contributed by atoms with van der Waals surface area (Å²) in [5.74, 6) is -0.795. The molecular formula is C21H24F3N7O2. The molecule has 12 heteroatoms. The minimum Gasteiger partial charge on any atom is -0.462 e. The van der Waals surface area contributed by atoms with E-state index in [4.69, 9.17) is 16.2 Å². The lowest BCUT2D eigenvalue weighted by molar-refractivity contribution is -0.143. The zero-order chi connectivity index (χ0) is 23.8. The van der Waals surface area contributed by atoms with Crippen molar-refractivity contribution in [1.82, 2.24) is 9.78 Å². The number of carbonyl (C=O) groups is 1. The highest BCUT2D eigenvalue weighted by Gasteiger charge is 2.43. The van der Waals surface area contributed by atoms with Crippen LogP contribution in [0.4, 0.5) is 18.9 Å². The molecule has 1 fully saturated rings. The molecule has 0 atom stereocenters. The van der Waals surface area contributed by atoms with Gasteiger partial charge in [0, 0.05) is 5.69 Å². The lowest BCUT2D eigenvalue weighted by Crippen LogP contribution is -2.58. The van der Waals surface area contributed by atoms with Gasteiger partial charge in [0.2, 0.25) is 11.9 Å². The van der Waals surface area contributed by atoms with Crippen LogP contribution in [0.3, 0.4) is 0 Å². The van der Waals surface area contributed by atoms with Crippen molar-refractivity contribution in [1.29, 1.82) is 0 Å². The number of alkyl halides is 3. The number of guanidine groups is 2. The SMILES string of the molecule is CCOC(=O)c1cnn(-c2ccc(N3C(N)=NC(N)=NC34CCCCC4)cc2)c1C(F)(F)F. The molecule has 4 rings (SSSR count). The summed E-state index contributed by atoms with van der Waals surface area (Å²) in [5.41, 5.74) is 10.3. The molecule has 0 saturated heterocycles. The molecule has 1 aromatic heterocycles. The van der Waals surface area contributed by atoms with Crippen molar-refractivity contribution in [2.75, 3.05) is 11.5 Å². The van der Waals surface area contributed by atoms with Crippen molar-refractivity contribution in [3.63, 3.8) is 0 Å². The van der Waals surface area contributed by atoms with E-state index in [2.05, 4.69) is 15.1 Å². The van der Waals surface area contributed by atoms with Crippen molar-refractivity contribution < 1.29 is 22.7 Å². The number of ether oxygens (including phenoxy) is 1. The number of nitrogens with zero attached hydrogens (tertiary/aromatic N) is 5. The van der Waals surface area contributed by atoms with Crippen LogP contribution in [-0.2, 0) is 10.9 Å². The third-order valence-corrected chi connectivity index (χ3v) is 5.74. The van der Waals surface area contributed by atoms with Crippen molar-refractivity contribution >= 4 is 23.6 Å². The van der Waals surface area contributed by atoms with Gasteiger partial charge in [0.05, 0.1) is 18.5 Å². The first-order chi connectivity index (χ1) is 15.7. The molecule has 9 nitrogen and oxygen atoms in total. The Hall–Kier alpha value is -3.57. The summed E-state index contributed by atoms with van der Waals surface area (Å²) in [5, 5.41) is 3.80. The topological polar surface area (TPSA) is 124 Å². The summed E-state index contributed by atoms with van der Waals surface area (Å²) in [6.07, 6.45) is 0.453. The van der Waals surface area contributed by atoms with Crippen LogP contribution in [0.2, 0.25) is 0 Å². The molecule has 1 aromatic carbocycles. The van der Waals surface area contributed by atoms with Crippen molar-refractivity contribution in [3.8, 4) is 5.69 Å². The summed E-state index contributed by atoms with van der Waals surface area (Å²) in [6, 6.07) is 6.18. The van der Waals surface area contributed by atoms with Crippen molar-refractivity contribution in [3.05, 3.63) is 41.7 Å². The summed E-state index contributed by atoms with van der Waals surface area (Å²) in [6.45, 7) is 1.46. The number of aliphatic imine (C=N–C) groups is 2. The van der Waals surface area contributed by atoms with E-state index < -0.39 is 29.1 Å². The predicted molar refractivity (Wildman–Crippen MR) is 116 cm³/mol. The first-order valence-corrected chi connectivity index (χ1v) is 10.6. The zero-order valence-electron chi connectivity index (χ0n) is 18.0. The second-order valence-electron chi connectivity index (χ2n) is 7.87. The highest BCUT2D eigenvalue weighted by Crippen LogP contribution is 2.40. The predicted octanol–water partition coefficient (Wildman–Crippen LogP) is 3.18. The monoisotopic (exact) mass is 463 g/mol. The van der Waals surface area contributed by atoms with Gasteiger partial charge in [-0.05, 0) is 56.9 Å². The molecule has 0 unspecified atom stereocenters. The molecule has 1 aliphatic heterocycles. The minimum absolute atomic E-state index is 0.0520. The van der Waals surface area contributed by atoms with Gasteiger partial charge in [0.25, 0.3) is 0 Å². The van der Waals surface area contributed by atoms with Gasteiger partial charge in [-0.2, -0.15) is 23.3 Å². The normalized spacial score (nSPS) is 18.1. The second kappa shape index (κ2) is 8.41. The lowest BCUT2D eigenvalue weighted by Gasteiger charge is -2.45. The summed E-state index contributed by atoms with van der Waals surface area (Å²) in [4.78, 5) is 22.5. The number of nitrogens with two attached hydrogens (primary N) is 2. The fraction of sp³-hybridized carbons (Fsp3) is 0.429. The average Bonchev–Trinajstić information content (AvgIpc) is 3.20. The molecule has 1 spiro atoms. The third kappa shape index (κ3) is 4.12. The number of rotatable bonds is 4. The van der Waals surface area contributed by atoms with Crippen LogP contribution >= 0.6 is 0 Å². The molecule has 4 N–H and O–H groups in total. The molecule has 0 radical (unpaired) electrons. The molecule has 2 aliphatic rings. The van der Waals surface area contributed by atoms with Crippen LogP contribution in [0, 0.1) is 0 Å². The Morgan fingerprint density at radius 1 is 1.12 bits per heavy atom. The summed E-state index contributed by atoms with van der Waals surface area (Å²) in [7, 11) is 0. The number of halogens is 3. The van der Waals surface area contributed by atoms with Gasteiger partial charge in [0.1, 0.15) is 11.2 Å². The van der Waals surface area contributed by atoms with E-state index >= 15 is 0 Å². The maximum atomic E-state index is 13.8. The molecule has 0 bridgehead atoms. The van der Waals surface area contributed by atoms with E-state index in [1.807, 2.05) is 0 Å². The van der Waals surface area contributed by atoms with Crippen LogP contribution in [-0.4, -0.2) is 39.9 Å². The number of anilines is 1. The van der Waals surface area contributed by atoms with Crippen LogP contribution in [0.15, 0.2) is 40.4 Å². The van der Waals surface area contributed by atoms with Crippen molar-refractivity contribution in [2.45, 2.75) is 50.9 Å². The number of hydrogen-bond donors (Lipinski definition) is 2. The number of carbonyl (C=O) groups excluding carboxylic acids is 1. The largest absolute Gasteiger partial charge is 0.462 e. The molecule has 2 aromatic rings. The van der Waals surface area contributed by atoms with Gasteiger partial charge in [-0.25, -0.2) is 14.5 Å². The van der Waals surface area contributed by atoms with E-state index in [0.717, 1.165) is 38.3 Å².